The molecule has 3 aromatic rings. The lowest BCUT2D eigenvalue weighted by Gasteiger charge is -2.05. The fraction of sp³-hybridized carbons (Fsp3) is 0.100. The number of aromatic nitrogens is 6. The number of fused-ring (bicyclic) bond motifs is 1. The zero-order valence-corrected chi connectivity index (χ0v) is 10.3. The Bertz CT molecular complexity index is 940. The zero-order valence-electron chi connectivity index (χ0n) is 10.3. The van der Waals surface area contributed by atoms with Gasteiger partial charge in [0, 0.05) is 17.7 Å². The number of tetrazole rings is 1. The summed E-state index contributed by atoms with van der Waals surface area (Å²) in [6.45, 7) is 0.104. The maximum atomic E-state index is 11.4. The topological polar surface area (TPSA) is 152 Å². The summed E-state index contributed by atoms with van der Waals surface area (Å²) in [4.78, 5) is 37.8. The van der Waals surface area contributed by atoms with E-state index < -0.39 is 16.0 Å². The molecule has 0 unspecified atom stereocenters. The molecule has 0 aliphatic rings. The van der Waals surface area contributed by atoms with Gasteiger partial charge in [-0.05, 0) is 10.4 Å². The van der Waals surface area contributed by atoms with E-state index in [1.165, 1.54) is 23.1 Å². The molecule has 2 N–H and O–H groups in total. The summed E-state index contributed by atoms with van der Waals surface area (Å²) >= 11 is 0. The second-order valence-corrected chi connectivity index (χ2v) is 4.20. The number of aromatic amines is 2. The first kappa shape index (κ1) is 12.7. The second kappa shape index (κ2) is 4.63. The monoisotopic (exact) mass is 289 g/mol. The van der Waals surface area contributed by atoms with Crippen molar-refractivity contribution in [2.75, 3.05) is 0 Å². The van der Waals surface area contributed by atoms with Crippen LogP contribution in [0.5, 0.6) is 0 Å². The van der Waals surface area contributed by atoms with Gasteiger partial charge >= 0.3 is 11.1 Å². The number of hydrogen-bond donors (Lipinski definition) is 2. The van der Waals surface area contributed by atoms with Gasteiger partial charge in [-0.25, -0.2) is 4.68 Å². The van der Waals surface area contributed by atoms with Crippen LogP contribution in [0.1, 0.15) is 5.56 Å². The van der Waals surface area contributed by atoms with Gasteiger partial charge in [0.05, 0.1) is 22.5 Å². The van der Waals surface area contributed by atoms with Gasteiger partial charge in [0.15, 0.2) is 0 Å². The van der Waals surface area contributed by atoms with Gasteiger partial charge in [-0.1, -0.05) is 0 Å². The molecule has 0 atom stereocenters. The predicted octanol–water partition coefficient (Wildman–Crippen LogP) is -0.841. The molecule has 0 spiro atoms. The molecule has 0 fully saturated rings. The van der Waals surface area contributed by atoms with Crippen molar-refractivity contribution in [1.29, 1.82) is 0 Å². The highest BCUT2D eigenvalue weighted by Crippen LogP contribution is 2.21. The van der Waals surface area contributed by atoms with E-state index in [2.05, 4.69) is 25.5 Å². The van der Waals surface area contributed by atoms with Crippen LogP contribution < -0.4 is 11.1 Å². The zero-order chi connectivity index (χ0) is 15.0. The molecular weight excluding hydrogens is 282 g/mol. The van der Waals surface area contributed by atoms with Crippen molar-refractivity contribution in [1.82, 2.24) is 30.2 Å². The van der Waals surface area contributed by atoms with Gasteiger partial charge < -0.3 is 9.97 Å². The maximum Gasteiger partial charge on any atom is 0.314 e. The number of nitrogens with zero attached hydrogens (tertiary/aromatic N) is 5. The van der Waals surface area contributed by atoms with E-state index in [1.807, 2.05) is 0 Å². The number of nitro benzene ring substituents is 1. The molecule has 0 radical (unpaired) electrons. The third kappa shape index (κ3) is 2.27. The number of benzene rings is 1. The van der Waals surface area contributed by atoms with Gasteiger partial charge in [-0.2, -0.15) is 0 Å². The smallest absolute Gasteiger partial charge is 0.314 e. The van der Waals surface area contributed by atoms with Crippen LogP contribution >= 0.6 is 0 Å². The van der Waals surface area contributed by atoms with Crippen molar-refractivity contribution in [2.24, 2.45) is 0 Å². The number of nitrogens with one attached hydrogen (secondary N) is 2. The molecule has 0 aliphatic carbocycles. The van der Waals surface area contributed by atoms with Gasteiger partial charge in [0.2, 0.25) is 0 Å². The Labute approximate surface area is 114 Å². The first-order valence-corrected chi connectivity index (χ1v) is 5.69. The van der Waals surface area contributed by atoms with Crippen molar-refractivity contribution in [3.05, 3.63) is 54.8 Å². The van der Waals surface area contributed by atoms with E-state index in [0.29, 0.717) is 11.1 Å². The van der Waals surface area contributed by atoms with Crippen LogP contribution in [0.4, 0.5) is 5.69 Å². The Morgan fingerprint density at radius 2 is 2.00 bits per heavy atom. The lowest BCUT2D eigenvalue weighted by Crippen LogP contribution is -2.29. The standard InChI is InChI=1S/C10H7N7O4/c18-9-10(19)13-8-5(3-16-4-11-14-15-16)1-6(17(20)21)2-7(8)12-9/h1-2,4H,3H2,(H,12,18)(H,13,19). The van der Waals surface area contributed by atoms with Crippen molar-refractivity contribution in [3.8, 4) is 0 Å². The van der Waals surface area contributed by atoms with E-state index in [4.69, 9.17) is 0 Å². The normalized spacial score (nSPS) is 10.9. The number of nitro groups is 1. The quantitative estimate of drug-likeness (QED) is 0.362. The minimum Gasteiger partial charge on any atom is -0.316 e. The minimum absolute atomic E-state index is 0.104. The van der Waals surface area contributed by atoms with Gasteiger partial charge in [0.25, 0.3) is 5.69 Å². The van der Waals surface area contributed by atoms with Crippen LogP contribution in [-0.2, 0) is 6.54 Å². The molecule has 11 nitrogen and oxygen atoms in total. The van der Waals surface area contributed by atoms with Gasteiger partial charge in [-0.3, -0.25) is 19.7 Å². The van der Waals surface area contributed by atoms with E-state index in [0.717, 1.165) is 0 Å². The van der Waals surface area contributed by atoms with Crippen LogP contribution in [0.3, 0.4) is 0 Å². The van der Waals surface area contributed by atoms with E-state index in [9.17, 15) is 19.7 Å². The highest BCUT2D eigenvalue weighted by atomic mass is 16.6. The van der Waals surface area contributed by atoms with Crippen LogP contribution in [0.2, 0.25) is 0 Å². The summed E-state index contributed by atoms with van der Waals surface area (Å²) in [6, 6.07) is 2.47. The number of non-ortho nitro benzene ring substituents is 1. The molecular formula is C10H7N7O4. The lowest BCUT2D eigenvalue weighted by atomic mass is 10.1. The van der Waals surface area contributed by atoms with E-state index in [1.54, 1.807) is 0 Å². The highest BCUT2D eigenvalue weighted by Gasteiger charge is 2.14. The highest BCUT2D eigenvalue weighted by molar-refractivity contribution is 5.80. The fourth-order valence-corrected chi connectivity index (χ4v) is 1.94. The summed E-state index contributed by atoms with van der Waals surface area (Å²) in [6.07, 6.45) is 1.33. The molecule has 0 saturated carbocycles. The van der Waals surface area contributed by atoms with E-state index in [-0.39, 0.29) is 17.7 Å². The lowest BCUT2D eigenvalue weighted by molar-refractivity contribution is -0.384. The number of rotatable bonds is 3. The summed E-state index contributed by atoms with van der Waals surface area (Å²) in [5, 5.41) is 21.5. The largest absolute Gasteiger partial charge is 0.316 e. The Kier molecular flexibility index (Phi) is 2.79. The van der Waals surface area contributed by atoms with Crippen LogP contribution in [-0.4, -0.2) is 35.1 Å². The second-order valence-electron chi connectivity index (χ2n) is 4.20. The number of hydrogen-bond acceptors (Lipinski definition) is 7. The molecule has 0 bridgehead atoms. The SMILES string of the molecule is O=c1[nH]c2cc([N+](=O)[O-])cc(Cn3cnnn3)c2[nH]c1=O. The van der Waals surface area contributed by atoms with E-state index >= 15 is 0 Å². The van der Waals surface area contributed by atoms with Crippen molar-refractivity contribution in [3.63, 3.8) is 0 Å². The van der Waals surface area contributed by atoms with Crippen LogP contribution in [0.15, 0.2) is 28.0 Å². The summed E-state index contributed by atoms with van der Waals surface area (Å²) in [7, 11) is 0. The predicted molar refractivity (Wildman–Crippen MR) is 68.8 cm³/mol. The Balaban J connectivity index is 2.28. The summed E-state index contributed by atoms with van der Waals surface area (Å²) in [5.41, 5.74) is -1.07. The third-order valence-corrected chi connectivity index (χ3v) is 2.83. The molecule has 0 saturated heterocycles. The van der Waals surface area contributed by atoms with Crippen molar-refractivity contribution < 1.29 is 4.92 Å². The summed E-state index contributed by atoms with van der Waals surface area (Å²) in [5.74, 6) is 0. The fourth-order valence-electron chi connectivity index (χ4n) is 1.94. The summed E-state index contributed by atoms with van der Waals surface area (Å²) < 4.78 is 1.34. The van der Waals surface area contributed by atoms with Crippen molar-refractivity contribution >= 4 is 16.7 Å². The minimum atomic E-state index is -0.878. The van der Waals surface area contributed by atoms with Gasteiger partial charge in [-0.15, -0.1) is 5.10 Å². The molecule has 11 heteroatoms. The Hall–Kier alpha value is -3.37. The average molecular weight is 289 g/mol. The third-order valence-electron chi connectivity index (χ3n) is 2.83. The molecule has 1 aromatic carbocycles. The number of H-pyrrole nitrogens is 2. The van der Waals surface area contributed by atoms with Crippen LogP contribution in [0.25, 0.3) is 11.0 Å². The molecule has 0 amide bonds. The maximum absolute atomic E-state index is 11.4. The molecule has 3 rings (SSSR count). The van der Waals surface area contributed by atoms with Gasteiger partial charge in [0.1, 0.15) is 6.33 Å². The molecule has 2 aromatic heterocycles. The molecule has 2 heterocycles. The molecule has 106 valence electrons. The van der Waals surface area contributed by atoms with Crippen molar-refractivity contribution in [2.45, 2.75) is 6.54 Å². The first-order chi connectivity index (χ1) is 10.0. The molecule has 21 heavy (non-hydrogen) atoms. The average Bonchev–Trinajstić information content (AvgIpc) is 2.93. The van der Waals surface area contributed by atoms with Crippen LogP contribution in [0, 0.1) is 10.1 Å². The Morgan fingerprint density at radius 3 is 2.67 bits per heavy atom. The first-order valence-electron chi connectivity index (χ1n) is 5.69. The Morgan fingerprint density at radius 1 is 1.24 bits per heavy atom. The molecule has 0 aliphatic heterocycles.